The molecule has 7 heteroatoms. The predicted molar refractivity (Wildman–Crippen MR) is 78.4 cm³/mol. The Balaban J connectivity index is 2.18. The van der Waals surface area contributed by atoms with E-state index in [1.54, 1.807) is 12.1 Å². The summed E-state index contributed by atoms with van der Waals surface area (Å²) in [5.41, 5.74) is 0.728. The molecule has 0 spiro atoms. The fraction of sp³-hybridized carbons (Fsp3) is 0.214. The number of ether oxygens (including phenoxy) is 2. The summed E-state index contributed by atoms with van der Waals surface area (Å²) in [6.45, 7) is 0. The van der Waals surface area contributed by atoms with Gasteiger partial charge in [0.15, 0.2) is 6.10 Å². The lowest BCUT2D eigenvalue weighted by molar-refractivity contribution is -0.126. The van der Waals surface area contributed by atoms with Gasteiger partial charge in [-0.2, -0.15) is 4.98 Å². The zero-order valence-electron chi connectivity index (χ0n) is 11.5. The Bertz CT molecular complexity index is 622. The van der Waals surface area contributed by atoms with E-state index in [9.17, 15) is 4.79 Å². The molecular formula is C14H14ClN3O3. The molecule has 0 aliphatic carbocycles. The smallest absolute Gasteiger partial charge is 0.260 e. The molecule has 0 radical (unpaired) electrons. The van der Waals surface area contributed by atoms with Crippen LogP contribution in [0.5, 0.6) is 5.88 Å². The quantitative estimate of drug-likeness (QED) is 0.859. The minimum absolute atomic E-state index is 0.0577. The first-order valence-electron chi connectivity index (χ1n) is 6.11. The van der Waals surface area contributed by atoms with Crippen LogP contribution in [0.25, 0.3) is 0 Å². The Labute approximate surface area is 127 Å². The molecule has 110 valence electrons. The first kappa shape index (κ1) is 15.2. The number of aromatic nitrogens is 2. The van der Waals surface area contributed by atoms with Crippen molar-refractivity contribution in [3.8, 4) is 5.88 Å². The summed E-state index contributed by atoms with van der Waals surface area (Å²) < 4.78 is 10.2. The summed E-state index contributed by atoms with van der Waals surface area (Å²) in [6, 6.07) is 10.6. The zero-order valence-corrected chi connectivity index (χ0v) is 12.3. The Morgan fingerprint density at radius 1 is 1.24 bits per heavy atom. The van der Waals surface area contributed by atoms with Gasteiger partial charge in [-0.05, 0) is 5.56 Å². The monoisotopic (exact) mass is 307 g/mol. The molecule has 0 aliphatic heterocycles. The van der Waals surface area contributed by atoms with Gasteiger partial charge in [-0.25, -0.2) is 4.98 Å². The molecule has 1 unspecified atom stereocenters. The second-order valence-electron chi connectivity index (χ2n) is 4.07. The Hall–Kier alpha value is -2.18. The molecule has 21 heavy (non-hydrogen) atoms. The molecule has 1 atom stereocenters. The van der Waals surface area contributed by atoms with E-state index in [1.165, 1.54) is 20.3 Å². The van der Waals surface area contributed by atoms with Crippen LogP contribution < -0.4 is 10.1 Å². The number of hydrogen-bond acceptors (Lipinski definition) is 5. The van der Waals surface area contributed by atoms with Crippen LogP contribution >= 0.6 is 11.6 Å². The van der Waals surface area contributed by atoms with E-state index < -0.39 is 12.0 Å². The minimum Gasteiger partial charge on any atom is -0.481 e. The predicted octanol–water partition coefficient (Wildman–Crippen LogP) is 2.46. The normalized spacial score (nSPS) is 11.8. The minimum atomic E-state index is -0.764. The zero-order chi connectivity index (χ0) is 15.2. The largest absolute Gasteiger partial charge is 0.481 e. The average Bonchev–Trinajstić information content (AvgIpc) is 2.48. The maximum Gasteiger partial charge on any atom is 0.260 e. The Morgan fingerprint density at radius 2 is 1.95 bits per heavy atom. The van der Waals surface area contributed by atoms with E-state index in [1.807, 2.05) is 18.2 Å². The van der Waals surface area contributed by atoms with Gasteiger partial charge in [-0.1, -0.05) is 41.9 Å². The van der Waals surface area contributed by atoms with Gasteiger partial charge in [0.05, 0.1) is 7.11 Å². The van der Waals surface area contributed by atoms with Crippen LogP contribution in [-0.2, 0) is 9.53 Å². The molecule has 1 aromatic heterocycles. The number of nitrogens with zero attached hydrogens (tertiary/aromatic N) is 2. The third-order valence-electron chi connectivity index (χ3n) is 2.69. The number of rotatable bonds is 5. The van der Waals surface area contributed by atoms with E-state index in [4.69, 9.17) is 21.1 Å². The lowest BCUT2D eigenvalue weighted by Crippen LogP contribution is -2.23. The van der Waals surface area contributed by atoms with Crippen molar-refractivity contribution >= 4 is 23.5 Å². The van der Waals surface area contributed by atoms with Crippen molar-refractivity contribution in [1.29, 1.82) is 0 Å². The van der Waals surface area contributed by atoms with Gasteiger partial charge in [0, 0.05) is 13.2 Å². The number of methoxy groups -OCH3 is 2. The van der Waals surface area contributed by atoms with E-state index in [-0.39, 0.29) is 17.0 Å². The lowest BCUT2D eigenvalue weighted by atomic mass is 10.1. The number of carbonyl (C=O) groups is 1. The van der Waals surface area contributed by atoms with E-state index in [2.05, 4.69) is 15.3 Å². The number of anilines is 1. The highest BCUT2D eigenvalue weighted by molar-refractivity contribution is 6.29. The standard InChI is InChI=1S/C14H14ClN3O3/c1-20-11-8-10(15)16-14(17-11)18-13(19)12(21-2)9-6-4-3-5-7-9/h3-8,12H,1-2H3,(H,16,17,18,19). The van der Waals surface area contributed by atoms with Crippen LogP contribution in [0, 0.1) is 0 Å². The highest BCUT2D eigenvalue weighted by atomic mass is 35.5. The van der Waals surface area contributed by atoms with Crippen molar-refractivity contribution in [1.82, 2.24) is 9.97 Å². The van der Waals surface area contributed by atoms with Crippen molar-refractivity contribution in [3.05, 3.63) is 47.1 Å². The molecule has 0 saturated carbocycles. The SMILES string of the molecule is COc1cc(Cl)nc(NC(=O)C(OC)c2ccccc2)n1. The van der Waals surface area contributed by atoms with Gasteiger partial charge in [0.1, 0.15) is 5.15 Å². The summed E-state index contributed by atoms with van der Waals surface area (Å²) in [5.74, 6) is -0.0747. The molecule has 1 heterocycles. The van der Waals surface area contributed by atoms with Crippen molar-refractivity contribution in [2.24, 2.45) is 0 Å². The third kappa shape index (κ3) is 3.90. The summed E-state index contributed by atoms with van der Waals surface area (Å²) >= 11 is 5.83. The van der Waals surface area contributed by atoms with E-state index in [0.717, 1.165) is 5.56 Å². The number of carbonyl (C=O) groups excluding carboxylic acids is 1. The van der Waals surface area contributed by atoms with Crippen LogP contribution in [0.15, 0.2) is 36.4 Å². The molecule has 2 rings (SSSR count). The molecule has 1 amide bonds. The first-order chi connectivity index (χ1) is 10.1. The number of nitrogens with one attached hydrogen (secondary N) is 1. The summed E-state index contributed by atoms with van der Waals surface area (Å²) in [6.07, 6.45) is -0.764. The fourth-order valence-electron chi connectivity index (χ4n) is 1.76. The van der Waals surface area contributed by atoms with Crippen LogP contribution in [0.4, 0.5) is 5.95 Å². The number of hydrogen-bond donors (Lipinski definition) is 1. The number of benzene rings is 1. The molecular weight excluding hydrogens is 294 g/mol. The van der Waals surface area contributed by atoms with Gasteiger partial charge < -0.3 is 9.47 Å². The van der Waals surface area contributed by atoms with Gasteiger partial charge >= 0.3 is 0 Å². The summed E-state index contributed by atoms with van der Waals surface area (Å²) in [7, 11) is 2.91. The van der Waals surface area contributed by atoms with Crippen molar-refractivity contribution < 1.29 is 14.3 Å². The molecule has 2 aromatic rings. The summed E-state index contributed by atoms with van der Waals surface area (Å²) in [5, 5.41) is 2.73. The van der Waals surface area contributed by atoms with Crippen molar-refractivity contribution in [2.75, 3.05) is 19.5 Å². The third-order valence-corrected chi connectivity index (χ3v) is 2.89. The van der Waals surface area contributed by atoms with Gasteiger partial charge in [-0.3, -0.25) is 10.1 Å². The average molecular weight is 308 g/mol. The molecule has 1 N–H and O–H groups in total. The lowest BCUT2D eigenvalue weighted by Gasteiger charge is -2.15. The highest BCUT2D eigenvalue weighted by Gasteiger charge is 2.21. The van der Waals surface area contributed by atoms with Crippen LogP contribution in [0.3, 0.4) is 0 Å². The molecule has 0 fully saturated rings. The molecule has 0 saturated heterocycles. The molecule has 1 aromatic carbocycles. The van der Waals surface area contributed by atoms with E-state index >= 15 is 0 Å². The fourth-order valence-corrected chi connectivity index (χ4v) is 1.93. The van der Waals surface area contributed by atoms with Crippen LogP contribution in [-0.4, -0.2) is 30.1 Å². The second kappa shape index (κ2) is 7.01. The summed E-state index contributed by atoms with van der Waals surface area (Å²) in [4.78, 5) is 20.2. The highest BCUT2D eigenvalue weighted by Crippen LogP contribution is 2.20. The van der Waals surface area contributed by atoms with Crippen LogP contribution in [0.2, 0.25) is 5.15 Å². The Kier molecular flexibility index (Phi) is 5.08. The molecule has 0 aliphatic rings. The van der Waals surface area contributed by atoms with Crippen molar-refractivity contribution in [2.45, 2.75) is 6.10 Å². The van der Waals surface area contributed by atoms with Gasteiger partial charge in [0.2, 0.25) is 11.8 Å². The maximum atomic E-state index is 12.3. The van der Waals surface area contributed by atoms with Crippen molar-refractivity contribution in [3.63, 3.8) is 0 Å². The molecule has 0 bridgehead atoms. The van der Waals surface area contributed by atoms with Crippen LogP contribution in [0.1, 0.15) is 11.7 Å². The number of amides is 1. The van der Waals surface area contributed by atoms with E-state index in [0.29, 0.717) is 0 Å². The molecule has 6 nitrogen and oxygen atoms in total. The second-order valence-corrected chi connectivity index (χ2v) is 4.46. The number of halogens is 1. The van der Waals surface area contributed by atoms with Gasteiger partial charge in [-0.15, -0.1) is 0 Å². The maximum absolute atomic E-state index is 12.3. The first-order valence-corrected chi connectivity index (χ1v) is 6.49. The Morgan fingerprint density at radius 3 is 2.57 bits per heavy atom. The topological polar surface area (TPSA) is 73.3 Å². The van der Waals surface area contributed by atoms with Gasteiger partial charge in [0.25, 0.3) is 5.91 Å².